The topological polar surface area (TPSA) is 62.1 Å². The normalized spacial score (nSPS) is 16.0. The van der Waals surface area contributed by atoms with E-state index in [9.17, 15) is 9.18 Å². The van der Waals surface area contributed by atoms with Gasteiger partial charge in [0.2, 0.25) is 5.91 Å². The van der Waals surface area contributed by atoms with E-state index >= 15 is 0 Å². The van der Waals surface area contributed by atoms with E-state index in [-0.39, 0.29) is 16.7 Å². The maximum atomic E-state index is 13.3. The molecule has 0 saturated carbocycles. The van der Waals surface area contributed by atoms with E-state index in [2.05, 4.69) is 5.32 Å². The minimum Gasteiger partial charge on any atom is -0.381 e. The van der Waals surface area contributed by atoms with E-state index < -0.39 is 5.41 Å². The fourth-order valence-electron chi connectivity index (χ4n) is 3.07. The molecule has 1 fully saturated rings. The number of rotatable bonds is 3. The molecule has 1 aliphatic heterocycles. The Balaban J connectivity index is 1.91. The van der Waals surface area contributed by atoms with Gasteiger partial charge in [0.25, 0.3) is 0 Å². The van der Waals surface area contributed by atoms with Crippen LogP contribution < -0.4 is 5.32 Å². The highest BCUT2D eigenvalue weighted by molar-refractivity contribution is 6.32. The van der Waals surface area contributed by atoms with Crippen molar-refractivity contribution in [1.82, 2.24) is 0 Å². The number of amides is 1. The van der Waals surface area contributed by atoms with Gasteiger partial charge in [-0.3, -0.25) is 4.79 Å². The highest BCUT2D eigenvalue weighted by Gasteiger charge is 2.41. The fourth-order valence-corrected chi connectivity index (χ4v) is 3.29. The first-order valence-electron chi connectivity index (χ1n) is 7.90. The zero-order valence-corrected chi connectivity index (χ0v) is 14.1. The lowest BCUT2D eigenvalue weighted by Gasteiger charge is -2.36. The quantitative estimate of drug-likeness (QED) is 0.900. The highest BCUT2D eigenvalue weighted by atomic mass is 35.5. The van der Waals surface area contributed by atoms with Gasteiger partial charge in [0, 0.05) is 18.9 Å². The molecular formula is C19H16ClFN2O2. The summed E-state index contributed by atoms with van der Waals surface area (Å²) in [5.41, 5.74) is 0.835. The third-order valence-corrected chi connectivity index (χ3v) is 4.84. The minimum absolute atomic E-state index is 0.191. The number of nitrogens with zero attached hydrogens (tertiary/aromatic N) is 1. The van der Waals surface area contributed by atoms with Crippen LogP contribution in [0.15, 0.2) is 42.5 Å². The Hall–Kier alpha value is -2.42. The number of carbonyl (C=O) groups excluding carboxylic acids is 1. The monoisotopic (exact) mass is 358 g/mol. The lowest BCUT2D eigenvalue weighted by molar-refractivity contribution is -0.125. The van der Waals surface area contributed by atoms with Crippen LogP contribution in [0.2, 0.25) is 5.02 Å². The van der Waals surface area contributed by atoms with Crippen LogP contribution in [0.3, 0.4) is 0 Å². The number of ether oxygens (including phenoxy) is 1. The molecule has 0 aromatic heterocycles. The Morgan fingerprint density at radius 3 is 2.48 bits per heavy atom. The van der Waals surface area contributed by atoms with Crippen LogP contribution in [-0.2, 0) is 14.9 Å². The van der Waals surface area contributed by atoms with Crippen molar-refractivity contribution in [3.8, 4) is 6.07 Å². The molecule has 1 N–H and O–H groups in total. The van der Waals surface area contributed by atoms with Gasteiger partial charge >= 0.3 is 0 Å². The number of nitriles is 1. The molecular weight excluding hydrogens is 343 g/mol. The Kier molecular flexibility index (Phi) is 5.03. The number of anilines is 1. The lowest BCUT2D eigenvalue weighted by atomic mass is 9.73. The molecule has 2 aromatic rings. The Labute approximate surface area is 150 Å². The van der Waals surface area contributed by atoms with Crippen molar-refractivity contribution in [3.63, 3.8) is 0 Å². The van der Waals surface area contributed by atoms with E-state index in [0.29, 0.717) is 37.3 Å². The molecule has 0 atom stereocenters. The van der Waals surface area contributed by atoms with E-state index in [0.717, 1.165) is 5.56 Å². The number of hydrogen-bond donors (Lipinski definition) is 1. The molecule has 1 aliphatic rings. The second-order valence-corrected chi connectivity index (χ2v) is 6.37. The molecule has 0 radical (unpaired) electrons. The summed E-state index contributed by atoms with van der Waals surface area (Å²) in [6, 6.07) is 12.7. The first-order valence-corrected chi connectivity index (χ1v) is 8.28. The summed E-state index contributed by atoms with van der Waals surface area (Å²) in [7, 11) is 0. The molecule has 128 valence electrons. The maximum Gasteiger partial charge on any atom is 0.235 e. The summed E-state index contributed by atoms with van der Waals surface area (Å²) in [6.45, 7) is 0.915. The lowest BCUT2D eigenvalue weighted by Crippen LogP contribution is -2.44. The molecule has 1 amide bonds. The first kappa shape index (κ1) is 17.4. The fraction of sp³-hybridized carbons (Fsp3) is 0.263. The van der Waals surface area contributed by atoms with Crippen molar-refractivity contribution in [2.24, 2.45) is 0 Å². The molecule has 25 heavy (non-hydrogen) atoms. The number of nitrogens with one attached hydrogen (secondary N) is 1. The molecule has 4 nitrogen and oxygen atoms in total. The standard InChI is InChI=1S/C19H16ClFN2O2/c20-17-11-16(6-1-13(17)12-22)23-18(24)19(7-9-25-10-8-19)14-2-4-15(21)5-3-14/h1-6,11H,7-10H2,(H,23,24). The Bertz CT molecular complexity index is 824. The third kappa shape index (κ3) is 3.51. The molecule has 1 saturated heterocycles. The van der Waals surface area contributed by atoms with Crippen LogP contribution >= 0.6 is 11.6 Å². The van der Waals surface area contributed by atoms with Gasteiger partial charge in [0.15, 0.2) is 0 Å². The number of hydrogen-bond acceptors (Lipinski definition) is 3. The van der Waals surface area contributed by atoms with Gasteiger partial charge < -0.3 is 10.1 Å². The van der Waals surface area contributed by atoms with E-state index in [1.807, 2.05) is 6.07 Å². The molecule has 1 heterocycles. The molecule has 3 rings (SSSR count). The summed E-state index contributed by atoms with van der Waals surface area (Å²) in [5.74, 6) is -0.534. The number of halogens is 2. The van der Waals surface area contributed by atoms with Crippen molar-refractivity contribution in [2.75, 3.05) is 18.5 Å². The first-order chi connectivity index (χ1) is 12.0. The predicted octanol–water partition coefficient (Wildman–Crippen LogP) is 4.04. The van der Waals surface area contributed by atoms with Crippen LogP contribution in [0.5, 0.6) is 0 Å². The zero-order chi connectivity index (χ0) is 17.9. The molecule has 2 aromatic carbocycles. The summed E-state index contributed by atoms with van der Waals surface area (Å²) < 4.78 is 18.7. The SMILES string of the molecule is N#Cc1ccc(NC(=O)C2(c3ccc(F)cc3)CCOCC2)cc1Cl. The van der Waals surface area contributed by atoms with Crippen LogP contribution in [0.4, 0.5) is 10.1 Å². The van der Waals surface area contributed by atoms with Gasteiger partial charge in [0.1, 0.15) is 11.9 Å². The number of benzene rings is 2. The summed E-state index contributed by atoms with van der Waals surface area (Å²) in [6.07, 6.45) is 1.02. The van der Waals surface area contributed by atoms with Crippen molar-refractivity contribution >= 4 is 23.2 Å². The van der Waals surface area contributed by atoms with Crippen LogP contribution in [0.25, 0.3) is 0 Å². The van der Waals surface area contributed by atoms with Crippen LogP contribution in [0.1, 0.15) is 24.0 Å². The molecule has 0 spiro atoms. The van der Waals surface area contributed by atoms with Gasteiger partial charge in [0.05, 0.1) is 16.0 Å². The Morgan fingerprint density at radius 1 is 1.20 bits per heavy atom. The molecule has 6 heteroatoms. The van der Waals surface area contributed by atoms with Crippen molar-refractivity contribution in [3.05, 3.63) is 64.4 Å². The molecule has 0 bridgehead atoms. The van der Waals surface area contributed by atoms with Gasteiger partial charge in [-0.1, -0.05) is 23.7 Å². The van der Waals surface area contributed by atoms with Gasteiger partial charge in [-0.2, -0.15) is 5.26 Å². The molecule has 0 unspecified atom stereocenters. The Morgan fingerprint density at radius 2 is 1.88 bits per heavy atom. The van der Waals surface area contributed by atoms with Crippen LogP contribution in [-0.4, -0.2) is 19.1 Å². The van der Waals surface area contributed by atoms with Crippen molar-refractivity contribution in [1.29, 1.82) is 5.26 Å². The zero-order valence-electron chi connectivity index (χ0n) is 13.4. The van der Waals surface area contributed by atoms with Gasteiger partial charge in [-0.05, 0) is 48.7 Å². The number of carbonyl (C=O) groups is 1. The van der Waals surface area contributed by atoms with Crippen LogP contribution in [0, 0.1) is 17.1 Å². The molecule has 0 aliphatic carbocycles. The highest BCUT2D eigenvalue weighted by Crippen LogP contribution is 2.36. The summed E-state index contributed by atoms with van der Waals surface area (Å²) in [4.78, 5) is 13.1. The summed E-state index contributed by atoms with van der Waals surface area (Å²) in [5, 5.41) is 12.1. The largest absolute Gasteiger partial charge is 0.381 e. The second kappa shape index (κ2) is 7.22. The van der Waals surface area contributed by atoms with E-state index in [1.54, 1.807) is 30.3 Å². The minimum atomic E-state index is -0.785. The summed E-state index contributed by atoms with van der Waals surface area (Å²) >= 11 is 6.03. The maximum absolute atomic E-state index is 13.3. The van der Waals surface area contributed by atoms with Crippen molar-refractivity contribution < 1.29 is 13.9 Å². The van der Waals surface area contributed by atoms with E-state index in [1.165, 1.54) is 12.1 Å². The third-order valence-electron chi connectivity index (χ3n) is 4.53. The predicted molar refractivity (Wildman–Crippen MR) is 92.9 cm³/mol. The second-order valence-electron chi connectivity index (χ2n) is 5.96. The van der Waals surface area contributed by atoms with Crippen molar-refractivity contribution in [2.45, 2.75) is 18.3 Å². The smallest absolute Gasteiger partial charge is 0.235 e. The van der Waals surface area contributed by atoms with Gasteiger partial charge in [-0.25, -0.2) is 4.39 Å². The average Bonchev–Trinajstić information content (AvgIpc) is 2.63. The van der Waals surface area contributed by atoms with Gasteiger partial charge in [-0.15, -0.1) is 0 Å². The van der Waals surface area contributed by atoms with E-state index in [4.69, 9.17) is 21.6 Å². The average molecular weight is 359 g/mol.